The number of anilines is 2. The number of aromatic nitrogens is 20. The number of nitrogens with zero attached hydrogens (tertiary/aromatic N) is 13. The highest BCUT2D eigenvalue weighted by Gasteiger charge is 2.34. The summed E-state index contributed by atoms with van der Waals surface area (Å²) in [6.07, 6.45) is 3.75. The molecular weight excluding hydrogens is 1630 g/mol. The van der Waals surface area contributed by atoms with Gasteiger partial charge in [-0.25, -0.2) is 24.9 Å². The number of H-pyrrole nitrogens is 7. The van der Waals surface area contributed by atoms with E-state index >= 15 is 0 Å². The van der Waals surface area contributed by atoms with E-state index in [0.717, 1.165) is 94.8 Å². The Hall–Kier alpha value is -14.7. The maximum atomic E-state index is 12.2. The Balaban J connectivity index is 0.000000117. The molecule has 23 nitrogen and oxygen atoms in total. The molecule has 0 spiro atoms. The summed E-state index contributed by atoms with van der Waals surface area (Å²) in [5.74, 6) is -0.373. The zero-order valence-electron chi connectivity index (χ0n) is 70.9. The van der Waals surface area contributed by atoms with Crippen molar-refractivity contribution in [3.8, 4) is 0 Å². The summed E-state index contributed by atoms with van der Waals surface area (Å²) in [5.41, 5.74) is 42.8. The van der Waals surface area contributed by atoms with Crippen molar-refractivity contribution < 1.29 is 17.6 Å². The van der Waals surface area contributed by atoms with Crippen LogP contribution in [0.4, 0.5) is 24.7 Å². The molecule has 0 atom stereocenters. The second kappa shape index (κ2) is 41.7. The van der Waals surface area contributed by atoms with Crippen molar-refractivity contribution in [1.82, 2.24) is 99.8 Å². The number of nitrogen functional groups attached to an aromatic ring is 1. The Labute approximate surface area is 730 Å². The third-order valence-corrected chi connectivity index (χ3v) is 21.5. The number of oxazole rings is 1. The first-order valence-corrected chi connectivity index (χ1v) is 42.4. The van der Waals surface area contributed by atoms with Crippen LogP contribution in [0.25, 0.3) is 119 Å². The van der Waals surface area contributed by atoms with Gasteiger partial charge in [0.25, 0.3) is 0 Å². The molecule has 125 heavy (non-hydrogen) atoms. The van der Waals surface area contributed by atoms with Gasteiger partial charge in [0.2, 0.25) is 5.82 Å². The number of hydrogen-bond donors (Lipinski definition) is 9. The summed E-state index contributed by atoms with van der Waals surface area (Å²) in [6, 6.07) is 75.0. The van der Waals surface area contributed by atoms with Crippen LogP contribution in [0.1, 0.15) is 78.1 Å². The number of benzene rings is 12. The molecule has 10 N–H and O–H groups in total. The van der Waals surface area contributed by atoms with Crippen molar-refractivity contribution in [3.63, 3.8) is 0 Å². The molecule has 0 radical (unpaired) electrons. The fourth-order valence-electron chi connectivity index (χ4n) is 12.8. The molecule has 0 aliphatic carbocycles. The summed E-state index contributed by atoms with van der Waals surface area (Å²) < 4.78 is 52.5. The predicted octanol–water partition coefficient (Wildman–Crippen LogP) is 24.4. The molecule has 632 valence electrons. The Morgan fingerprint density at radius 3 is 1.59 bits per heavy atom. The molecule has 0 saturated carbocycles. The van der Waals surface area contributed by atoms with Gasteiger partial charge in [0.05, 0.1) is 88.8 Å². The topological polar surface area (TPSA) is 329 Å². The molecule has 0 unspecified atom stereocenters. The van der Waals surface area contributed by atoms with Crippen molar-refractivity contribution in [3.05, 3.63) is 339 Å². The number of fused-ring (bicyclic) bond motifs is 12. The number of halogens is 3. The van der Waals surface area contributed by atoms with Crippen LogP contribution < -0.4 is 11.1 Å². The summed E-state index contributed by atoms with van der Waals surface area (Å²) in [4.78, 5) is 28.4. The fourth-order valence-corrected chi connectivity index (χ4v) is 14.8. The van der Waals surface area contributed by atoms with E-state index in [1.807, 2.05) is 161 Å². The molecule has 0 amide bonds. The highest BCUT2D eigenvalue weighted by atomic mass is 32.1. The first kappa shape index (κ1) is 88.1. The van der Waals surface area contributed by atoms with E-state index in [4.69, 9.17) is 10.2 Å². The Morgan fingerprint density at radius 2 is 0.896 bits per heavy atom. The van der Waals surface area contributed by atoms with Gasteiger partial charge in [0.15, 0.2) is 17.8 Å². The minimum atomic E-state index is -4.41. The number of thiazole rings is 2. The summed E-state index contributed by atoms with van der Waals surface area (Å²) in [6.45, 7) is 25.7. The van der Waals surface area contributed by atoms with E-state index in [1.165, 1.54) is 123 Å². The quantitative estimate of drug-likeness (QED) is 0.0681. The molecule has 0 fully saturated rings. The molecule has 12 heterocycles. The third kappa shape index (κ3) is 25.0. The van der Waals surface area contributed by atoms with Gasteiger partial charge >= 0.3 is 6.18 Å². The molecule has 0 bridgehead atoms. The molecule has 29 heteroatoms. The molecule has 1 aliphatic heterocycles. The first-order valence-electron chi connectivity index (χ1n) is 39.9. The minimum Gasteiger partial charge on any atom is -0.443 e. The normalized spacial score (nSPS) is 11.0. The molecule has 24 rings (SSSR count). The summed E-state index contributed by atoms with van der Waals surface area (Å²) in [5, 5.41) is 41.2. The predicted molar refractivity (Wildman–Crippen MR) is 506 cm³/mol. The molecule has 1 aliphatic rings. The number of aryl methyl sites for hydroxylation is 12. The highest BCUT2D eigenvalue weighted by molar-refractivity contribution is 7.17. The van der Waals surface area contributed by atoms with Gasteiger partial charge in [-0.3, -0.25) is 10.2 Å². The van der Waals surface area contributed by atoms with Crippen LogP contribution in [-0.4, -0.2) is 106 Å². The largest absolute Gasteiger partial charge is 0.449 e. The SMILES string of the molecule is Cc1ccc2[nH]ccc2c1.Cc1ccc2[nH]nc(N)c2c1.Cc1ccc2[nH]ncc2c1.Cc1ccc2c(c1)CCN2.Cc1ccc2n[nH]nc2c1.Cc1ccc2n[nH]nc2c1.Cc1ccc2nc(C(F)(F)F)[nH]c2c1.Cc1ccc2nc[nH]c2c1.Cc1ccc2ncoc2c1.Cc1ccc2ncsc2c1.Cc1ccc2nsnc2c1.Cc1ccc2scnc2c1. The van der Waals surface area contributed by atoms with Crippen molar-refractivity contribution in [2.24, 2.45) is 0 Å². The zero-order valence-corrected chi connectivity index (χ0v) is 73.3. The van der Waals surface area contributed by atoms with Crippen LogP contribution in [0.2, 0.25) is 0 Å². The lowest BCUT2D eigenvalue weighted by atomic mass is 10.1. The van der Waals surface area contributed by atoms with Gasteiger partial charge in [0, 0.05) is 34.7 Å². The van der Waals surface area contributed by atoms with Gasteiger partial charge < -0.3 is 30.4 Å². The van der Waals surface area contributed by atoms with Crippen LogP contribution in [0, 0.1) is 83.1 Å². The number of nitrogens with one attached hydrogen (secondary N) is 8. The van der Waals surface area contributed by atoms with Crippen molar-refractivity contribution in [2.75, 3.05) is 17.6 Å². The second-order valence-electron chi connectivity index (χ2n) is 29.9. The lowest BCUT2D eigenvalue weighted by molar-refractivity contribution is -0.144. The fraction of sp³-hybridized carbons (Fsp3) is 0.156. The standard InChI is InChI=1S/C9H7F3N2.C9H11N.C9H9N.C8H9N3.2C8H8N2.C8H7NO.2C8H7NS.2C7H7N3.C7H6N2S/c1-5-2-3-6-7(4-5)14-8(13-6)9(10,11)12;2*1-7-2-3-9-8(6-7)4-5-10-9;1-5-2-3-7-6(4-5)8(9)11-10-7;1-6-2-3-8-7(4-6)5-9-10-8;2*1-6-2-3-7-8(4-6)10-5-9-7;1-6-2-3-8-7(4-6)9-5-10-8;1-6-2-3-7-8(4-6)10-5-9-7;3*1-5-2-3-6-7(4-5)9-10-8-6/h2-4H,1H3,(H,13,14);2-3,6,10H,4-5H2,1H3;2-6,10H,1H3;2-4H,1H3,(H3,9,10,11);2*2-5H,1H3,(H,9,10);3*2-5H,1H3;2*2-4H,1H3,(H,8,9,10);2-4H,1H3. The highest BCUT2D eigenvalue weighted by Crippen LogP contribution is 2.30. The molecule has 12 aromatic carbocycles. The molecule has 0 saturated heterocycles. The number of alkyl halides is 3. The van der Waals surface area contributed by atoms with Gasteiger partial charge in [-0.1, -0.05) is 101 Å². The van der Waals surface area contributed by atoms with Crippen LogP contribution in [0.15, 0.2) is 265 Å². The molecular formula is C96H93F3N22OS3. The van der Waals surface area contributed by atoms with Gasteiger partial charge in [-0.05, 0) is 291 Å². The summed E-state index contributed by atoms with van der Waals surface area (Å²) in [7, 11) is 0. The maximum Gasteiger partial charge on any atom is 0.449 e. The Morgan fingerprint density at radius 1 is 0.384 bits per heavy atom. The van der Waals surface area contributed by atoms with Gasteiger partial charge in [-0.15, -0.1) is 22.7 Å². The minimum absolute atomic E-state index is 0.336. The second-order valence-corrected chi connectivity index (χ2v) is 32.2. The number of aromatic amines is 7. The van der Waals surface area contributed by atoms with E-state index in [-0.39, 0.29) is 0 Å². The number of rotatable bonds is 0. The van der Waals surface area contributed by atoms with Gasteiger partial charge in [0.1, 0.15) is 38.6 Å². The van der Waals surface area contributed by atoms with Gasteiger partial charge in [-0.2, -0.15) is 62.9 Å². The Kier molecular flexibility index (Phi) is 29.4. The van der Waals surface area contributed by atoms with E-state index in [0.29, 0.717) is 16.9 Å². The van der Waals surface area contributed by atoms with Crippen LogP contribution in [0.5, 0.6) is 0 Å². The lowest BCUT2D eigenvalue weighted by Gasteiger charge is -1.98. The number of nitrogens with two attached hydrogens (primary N) is 1. The van der Waals surface area contributed by atoms with E-state index in [2.05, 4.69) is 257 Å². The first-order chi connectivity index (χ1) is 60.3. The average molecular weight is 1720 g/mol. The molecule has 23 aromatic rings. The number of imidazole rings is 2. The summed E-state index contributed by atoms with van der Waals surface area (Å²) >= 11 is 4.64. The number of hydrogen-bond acceptors (Lipinski definition) is 19. The zero-order chi connectivity index (χ0) is 87.9. The lowest BCUT2D eigenvalue weighted by Crippen LogP contribution is -2.06. The average Bonchev–Trinajstić information content (AvgIpc) is 1.66. The molecule has 11 aromatic heterocycles. The Bertz CT molecular complexity index is 6380. The van der Waals surface area contributed by atoms with E-state index in [9.17, 15) is 13.2 Å². The van der Waals surface area contributed by atoms with Crippen LogP contribution in [0.3, 0.4) is 0 Å². The van der Waals surface area contributed by atoms with E-state index < -0.39 is 12.0 Å². The smallest absolute Gasteiger partial charge is 0.443 e. The third-order valence-electron chi connectivity index (χ3n) is 19.3. The van der Waals surface area contributed by atoms with Crippen molar-refractivity contribution >= 4 is 165 Å². The maximum absolute atomic E-state index is 12.2. The van der Waals surface area contributed by atoms with Crippen molar-refractivity contribution in [2.45, 2.75) is 95.7 Å². The van der Waals surface area contributed by atoms with E-state index in [1.54, 1.807) is 47.2 Å². The van der Waals surface area contributed by atoms with Crippen molar-refractivity contribution in [1.29, 1.82) is 0 Å². The van der Waals surface area contributed by atoms with Crippen LogP contribution in [-0.2, 0) is 12.6 Å². The van der Waals surface area contributed by atoms with Crippen LogP contribution >= 0.6 is 34.4 Å². The monoisotopic (exact) mass is 1720 g/mol.